The second-order valence-corrected chi connectivity index (χ2v) is 15.2. The normalized spacial score (nSPS) is 13.9. The minimum absolute atomic E-state index is 0.0139. The van der Waals surface area contributed by atoms with Crippen molar-refractivity contribution in [2.24, 2.45) is 5.92 Å². The highest BCUT2D eigenvalue weighted by atomic mass is 32.2. The number of rotatable bonds is 9. The molecule has 39 heavy (non-hydrogen) atoms. The molecule has 0 fully saturated rings. The van der Waals surface area contributed by atoms with E-state index in [2.05, 4.69) is 5.32 Å². The summed E-state index contributed by atoms with van der Waals surface area (Å²) in [5.74, 6) is -3.03. The molecule has 3 aromatic carbocycles. The van der Waals surface area contributed by atoms with Crippen LogP contribution in [0.4, 0.5) is 0 Å². The van der Waals surface area contributed by atoms with Crippen molar-refractivity contribution in [3.63, 3.8) is 0 Å². The third-order valence-corrected chi connectivity index (χ3v) is 10.5. The van der Waals surface area contributed by atoms with E-state index >= 15 is 0 Å². The maximum absolute atomic E-state index is 13.8. The van der Waals surface area contributed by atoms with Crippen molar-refractivity contribution < 1.29 is 26.4 Å². The molecule has 0 aliphatic heterocycles. The summed E-state index contributed by atoms with van der Waals surface area (Å²) in [4.78, 5) is 26.3. The second kappa shape index (κ2) is 11.4. The van der Waals surface area contributed by atoms with E-state index in [0.29, 0.717) is 5.56 Å². The molecule has 0 radical (unpaired) electrons. The van der Waals surface area contributed by atoms with E-state index in [0.717, 1.165) is 11.1 Å². The van der Waals surface area contributed by atoms with E-state index in [1.54, 1.807) is 24.3 Å². The highest BCUT2D eigenvalue weighted by Crippen LogP contribution is 2.28. The van der Waals surface area contributed by atoms with E-state index in [1.807, 2.05) is 34.6 Å². The van der Waals surface area contributed by atoms with Crippen molar-refractivity contribution in [2.45, 2.75) is 62.1 Å². The zero-order valence-corrected chi connectivity index (χ0v) is 24.7. The summed E-state index contributed by atoms with van der Waals surface area (Å²) in [6.07, 6.45) is 0. The molecule has 9 heteroatoms. The Bertz CT molecular complexity index is 1550. The molecule has 0 saturated carbocycles. The smallest absolute Gasteiger partial charge is 0.251 e. The van der Waals surface area contributed by atoms with Crippen LogP contribution in [0.2, 0.25) is 0 Å². The average Bonchev–Trinajstić information content (AvgIpc) is 2.86. The Balaban J connectivity index is 2.02. The Kier molecular flexibility index (Phi) is 8.87. The van der Waals surface area contributed by atoms with Crippen molar-refractivity contribution in [3.8, 4) is 0 Å². The van der Waals surface area contributed by atoms with E-state index in [9.17, 15) is 26.4 Å². The lowest BCUT2D eigenvalue weighted by Gasteiger charge is -2.24. The number of benzene rings is 3. The van der Waals surface area contributed by atoms with E-state index in [4.69, 9.17) is 0 Å². The molecule has 0 aromatic heterocycles. The second-order valence-electron chi connectivity index (χ2n) is 10.9. The van der Waals surface area contributed by atoms with Crippen molar-refractivity contribution >= 4 is 31.4 Å². The van der Waals surface area contributed by atoms with Crippen LogP contribution in [-0.2, 0) is 19.7 Å². The van der Waals surface area contributed by atoms with Crippen LogP contribution in [0.5, 0.6) is 0 Å². The van der Waals surface area contributed by atoms with Crippen LogP contribution in [0.15, 0.2) is 82.6 Å². The van der Waals surface area contributed by atoms with Crippen LogP contribution in [0.1, 0.15) is 59.5 Å². The first-order chi connectivity index (χ1) is 18.0. The van der Waals surface area contributed by atoms with Gasteiger partial charge in [-0.25, -0.2) is 16.8 Å². The molecule has 0 spiro atoms. The van der Waals surface area contributed by atoms with Crippen molar-refractivity contribution in [1.29, 1.82) is 0 Å². The molecular weight excluding hydrogens is 534 g/mol. The average molecular weight is 570 g/mol. The monoisotopic (exact) mass is 569 g/mol. The SMILES string of the molecule is Cc1ccc(S(=O)(=O)CC(C(=O)c2ccc(C(=O)NC(C)(C)C)cc2)C(C)S(=O)(=O)c2ccc(C)cc2)cc1. The molecular formula is C30H35NO6S2. The molecule has 3 rings (SSSR count). The van der Waals surface area contributed by atoms with Crippen LogP contribution in [0, 0.1) is 19.8 Å². The maximum atomic E-state index is 13.8. The minimum Gasteiger partial charge on any atom is -0.347 e. The molecule has 0 bridgehead atoms. The summed E-state index contributed by atoms with van der Waals surface area (Å²) < 4.78 is 53.9. The summed E-state index contributed by atoms with van der Waals surface area (Å²) in [6.45, 7) is 10.6. The zero-order valence-electron chi connectivity index (χ0n) is 23.1. The third kappa shape index (κ3) is 7.42. The van der Waals surface area contributed by atoms with Gasteiger partial charge < -0.3 is 5.32 Å². The molecule has 0 saturated heterocycles. The molecule has 0 aliphatic rings. The Morgan fingerprint density at radius 1 is 0.718 bits per heavy atom. The van der Waals surface area contributed by atoms with Gasteiger partial charge >= 0.3 is 0 Å². The Morgan fingerprint density at radius 3 is 1.62 bits per heavy atom. The number of amides is 1. The number of carbonyl (C=O) groups excluding carboxylic acids is 2. The zero-order chi connectivity index (χ0) is 29.2. The lowest BCUT2D eigenvalue weighted by molar-refractivity contribution is 0.0911. The van der Waals surface area contributed by atoms with Gasteiger partial charge in [0.25, 0.3) is 5.91 Å². The molecule has 0 heterocycles. The van der Waals surface area contributed by atoms with Gasteiger partial charge in [0.05, 0.1) is 26.7 Å². The largest absolute Gasteiger partial charge is 0.347 e. The fourth-order valence-corrected chi connectivity index (χ4v) is 7.45. The number of Topliss-reactive ketones (excluding diaryl/α,β-unsaturated/α-hetero) is 1. The number of sulfone groups is 2. The van der Waals surface area contributed by atoms with Gasteiger partial charge in [-0.15, -0.1) is 0 Å². The van der Waals surface area contributed by atoms with Crippen LogP contribution < -0.4 is 5.32 Å². The molecule has 3 aromatic rings. The van der Waals surface area contributed by atoms with Gasteiger partial charge in [-0.1, -0.05) is 47.5 Å². The Labute approximate surface area is 231 Å². The van der Waals surface area contributed by atoms with Gasteiger partial charge in [0.1, 0.15) is 0 Å². The number of nitrogens with one attached hydrogen (secondary N) is 1. The Morgan fingerprint density at radius 2 is 1.15 bits per heavy atom. The highest BCUT2D eigenvalue weighted by Gasteiger charge is 2.39. The third-order valence-electron chi connectivity index (χ3n) is 6.44. The van der Waals surface area contributed by atoms with Gasteiger partial charge in [-0.05, 0) is 77.9 Å². The first kappa shape index (κ1) is 30.2. The number of hydrogen-bond donors (Lipinski definition) is 1. The molecule has 208 valence electrons. The van der Waals surface area contributed by atoms with Gasteiger partial charge in [0.15, 0.2) is 25.5 Å². The molecule has 1 amide bonds. The minimum atomic E-state index is -4.06. The van der Waals surface area contributed by atoms with Crippen molar-refractivity contribution in [2.75, 3.05) is 5.75 Å². The number of hydrogen-bond acceptors (Lipinski definition) is 6. The lowest BCUT2D eigenvalue weighted by atomic mass is 9.95. The summed E-state index contributed by atoms with van der Waals surface area (Å²) in [5, 5.41) is 1.50. The predicted octanol–water partition coefficient (Wildman–Crippen LogP) is 4.97. The van der Waals surface area contributed by atoms with Crippen molar-refractivity contribution in [3.05, 3.63) is 95.1 Å². The topological polar surface area (TPSA) is 114 Å². The fraction of sp³-hybridized carbons (Fsp3) is 0.333. The van der Waals surface area contributed by atoms with Gasteiger partial charge in [-0.2, -0.15) is 0 Å². The molecule has 0 aliphatic carbocycles. The van der Waals surface area contributed by atoms with E-state index < -0.39 is 47.9 Å². The first-order valence-corrected chi connectivity index (χ1v) is 15.8. The van der Waals surface area contributed by atoms with Crippen LogP contribution >= 0.6 is 0 Å². The summed E-state index contributed by atoms with van der Waals surface area (Å²) in [5.41, 5.74) is 1.73. The van der Waals surface area contributed by atoms with Crippen molar-refractivity contribution in [1.82, 2.24) is 5.32 Å². The molecule has 2 unspecified atom stereocenters. The quantitative estimate of drug-likeness (QED) is 0.364. The van der Waals surface area contributed by atoms with Crippen LogP contribution in [0.3, 0.4) is 0 Å². The fourth-order valence-electron chi connectivity index (χ4n) is 4.07. The maximum Gasteiger partial charge on any atom is 0.251 e. The number of aryl methyl sites for hydroxylation is 2. The summed E-state index contributed by atoms with van der Waals surface area (Å²) in [6, 6.07) is 18.2. The van der Waals surface area contributed by atoms with Gasteiger partial charge in [0.2, 0.25) is 0 Å². The first-order valence-electron chi connectivity index (χ1n) is 12.6. The van der Waals surface area contributed by atoms with Crippen LogP contribution in [0.25, 0.3) is 0 Å². The molecule has 7 nitrogen and oxygen atoms in total. The summed E-state index contributed by atoms with van der Waals surface area (Å²) >= 11 is 0. The lowest BCUT2D eigenvalue weighted by Crippen LogP contribution is -2.40. The van der Waals surface area contributed by atoms with E-state index in [-0.39, 0.29) is 21.3 Å². The van der Waals surface area contributed by atoms with E-state index in [1.165, 1.54) is 55.5 Å². The number of carbonyl (C=O) groups is 2. The predicted molar refractivity (Wildman–Crippen MR) is 153 cm³/mol. The van der Waals surface area contributed by atoms with Gasteiger partial charge in [0, 0.05) is 16.7 Å². The van der Waals surface area contributed by atoms with Gasteiger partial charge in [-0.3, -0.25) is 9.59 Å². The molecule has 1 N–H and O–H groups in total. The number of ketones is 1. The summed E-state index contributed by atoms with van der Waals surface area (Å²) in [7, 11) is -8.08. The molecule has 2 atom stereocenters. The standard InChI is InChI=1S/C30H35NO6S2/c1-20-7-15-25(16-8-20)38(34,35)19-27(22(3)39(36,37)26-17-9-21(2)10-18-26)28(32)23-11-13-24(14-12-23)29(33)31-30(4,5)6/h7-18,22,27H,19H2,1-6H3,(H,31,33). The van der Waals surface area contributed by atoms with Crippen LogP contribution in [-0.4, -0.2) is 45.1 Å². The Hall–Kier alpha value is -3.30. The highest BCUT2D eigenvalue weighted by molar-refractivity contribution is 7.92.